The number of epoxide rings is 1. The SMILES string of the molecule is CC1=C(C)C(=O)OC([C@](C)(O)[C@H]2CCC3C4C(CCC32C)C2(C)C(=O)C=CC[C@]2(O)[C@H]2O[C@@H]42)C1. The van der Waals surface area contributed by atoms with Crippen LogP contribution in [0.2, 0.25) is 0 Å². The number of ether oxygens (including phenoxy) is 2. The van der Waals surface area contributed by atoms with Crippen LogP contribution >= 0.6 is 0 Å². The van der Waals surface area contributed by atoms with Crippen LogP contribution < -0.4 is 0 Å². The molecule has 6 rings (SSSR count). The van der Waals surface area contributed by atoms with Crippen molar-refractivity contribution in [1.29, 1.82) is 0 Å². The third kappa shape index (κ3) is 2.58. The monoisotopic (exact) mass is 470 g/mol. The molecule has 3 saturated carbocycles. The number of aliphatic hydroxyl groups is 2. The molecule has 34 heavy (non-hydrogen) atoms. The number of fused-ring (bicyclic) bond motifs is 8. The Labute approximate surface area is 201 Å². The fraction of sp³-hybridized carbons (Fsp3) is 0.786. The van der Waals surface area contributed by atoms with Crippen LogP contribution in [0.3, 0.4) is 0 Å². The largest absolute Gasteiger partial charge is 0.456 e. The van der Waals surface area contributed by atoms with Gasteiger partial charge in [-0.15, -0.1) is 0 Å². The van der Waals surface area contributed by atoms with E-state index in [1.165, 1.54) is 0 Å². The van der Waals surface area contributed by atoms with E-state index >= 15 is 0 Å². The van der Waals surface area contributed by atoms with Crippen molar-refractivity contribution in [2.24, 2.45) is 34.5 Å². The van der Waals surface area contributed by atoms with Gasteiger partial charge in [0.1, 0.15) is 23.4 Å². The van der Waals surface area contributed by atoms with Crippen LogP contribution in [0.5, 0.6) is 0 Å². The van der Waals surface area contributed by atoms with Crippen molar-refractivity contribution in [1.82, 2.24) is 0 Å². The predicted molar refractivity (Wildman–Crippen MR) is 125 cm³/mol. The Bertz CT molecular complexity index is 1030. The molecule has 4 aliphatic carbocycles. The highest BCUT2D eigenvalue weighted by atomic mass is 16.6. The summed E-state index contributed by atoms with van der Waals surface area (Å²) in [7, 11) is 0. The molecule has 11 atom stereocenters. The van der Waals surface area contributed by atoms with Crippen LogP contribution in [0, 0.1) is 34.5 Å². The Kier molecular flexibility index (Phi) is 4.61. The lowest BCUT2D eigenvalue weighted by molar-refractivity contribution is -0.195. The molecule has 6 nitrogen and oxygen atoms in total. The molecule has 0 aromatic heterocycles. The third-order valence-electron chi connectivity index (χ3n) is 11.6. The van der Waals surface area contributed by atoms with Crippen molar-refractivity contribution in [3.05, 3.63) is 23.3 Å². The number of hydrogen-bond acceptors (Lipinski definition) is 6. The Hall–Kier alpha value is -1.50. The zero-order valence-corrected chi connectivity index (χ0v) is 21.0. The maximum atomic E-state index is 13.3. The van der Waals surface area contributed by atoms with E-state index in [0.717, 1.165) is 31.3 Å². The smallest absolute Gasteiger partial charge is 0.334 e. The number of ketones is 1. The Morgan fingerprint density at radius 2 is 1.85 bits per heavy atom. The van der Waals surface area contributed by atoms with Gasteiger partial charge in [-0.25, -0.2) is 4.79 Å². The summed E-state index contributed by atoms with van der Waals surface area (Å²) in [6.07, 6.45) is 7.18. The average molecular weight is 471 g/mol. The zero-order valence-electron chi connectivity index (χ0n) is 21.0. The van der Waals surface area contributed by atoms with Crippen molar-refractivity contribution in [2.45, 2.75) is 103 Å². The predicted octanol–water partition coefficient (Wildman–Crippen LogP) is 3.50. The van der Waals surface area contributed by atoms with E-state index in [-0.39, 0.29) is 47.1 Å². The van der Waals surface area contributed by atoms with Gasteiger partial charge >= 0.3 is 5.97 Å². The molecule has 1 saturated heterocycles. The van der Waals surface area contributed by atoms with Crippen molar-refractivity contribution in [2.75, 3.05) is 0 Å². The molecule has 0 radical (unpaired) electrons. The number of cyclic esters (lactones) is 1. The number of rotatable bonds is 2. The summed E-state index contributed by atoms with van der Waals surface area (Å²) < 4.78 is 12.0. The molecule has 186 valence electrons. The Balaban J connectivity index is 1.33. The molecule has 0 bridgehead atoms. The molecule has 2 N–H and O–H groups in total. The fourth-order valence-electron chi connectivity index (χ4n) is 9.36. The van der Waals surface area contributed by atoms with E-state index < -0.39 is 22.7 Å². The topological polar surface area (TPSA) is 96.4 Å². The quantitative estimate of drug-likeness (QED) is 0.474. The molecule has 0 aromatic rings. The maximum Gasteiger partial charge on any atom is 0.334 e. The molecule has 6 heteroatoms. The van der Waals surface area contributed by atoms with Gasteiger partial charge in [0, 0.05) is 12.0 Å². The second kappa shape index (κ2) is 6.83. The lowest BCUT2D eigenvalue weighted by atomic mass is 9.43. The summed E-state index contributed by atoms with van der Waals surface area (Å²) >= 11 is 0. The van der Waals surface area contributed by atoms with Gasteiger partial charge in [0.2, 0.25) is 0 Å². The van der Waals surface area contributed by atoms with Crippen molar-refractivity contribution < 1.29 is 29.3 Å². The molecule has 4 fully saturated rings. The molecular formula is C28H38O6. The highest BCUT2D eigenvalue weighted by Gasteiger charge is 2.78. The summed E-state index contributed by atoms with van der Waals surface area (Å²) in [5, 5.41) is 23.6. The summed E-state index contributed by atoms with van der Waals surface area (Å²) in [5.41, 5.74) is -1.60. The summed E-state index contributed by atoms with van der Waals surface area (Å²) in [6.45, 7) is 9.86. The second-order valence-corrected chi connectivity index (χ2v) is 12.8. The first kappa shape index (κ1) is 22.9. The van der Waals surface area contributed by atoms with Gasteiger partial charge < -0.3 is 19.7 Å². The molecule has 0 spiro atoms. The van der Waals surface area contributed by atoms with Gasteiger partial charge in [0.25, 0.3) is 0 Å². The third-order valence-corrected chi connectivity index (χ3v) is 11.6. The van der Waals surface area contributed by atoms with Crippen LogP contribution in [0.15, 0.2) is 23.3 Å². The molecule has 0 aromatic carbocycles. The van der Waals surface area contributed by atoms with Crippen LogP contribution in [-0.4, -0.2) is 51.5 Å². The maximum absolute atomic E-state index is 13.3. The van der Waals surface area contributed by atoms with Crippen LogP contribution in [0.4, 0.5) is 0 Å². The van der Waals surface area contributed by atoms with Crippen LogP contribution in [0.25, 0.3) is 0 Å². The van der Waals surface area contributed by atoms with E-state index in [2.05, 4.69) is 6.92 Å². The highest BCUT2D eigenvalue weighted by Crippen LogP contribution is 2.72. The van der Waals surface area contributed by atoms with E-state index in [0.29, 0.717) is 24.3 Å². The van der Waals surface area contributed by atoms with E-state index in [1.807, 2.05) is 26.8 Å². The van der Waals surface area contributed by atoms with Gasteiger partial charge in [0.15, 0.2) is 5.78 Å². The highest BCUT2D eigenvalue weighted by molar-refractivity contribution is 5.97. The summed E-state index contributed by atoms with van der Waals surface area (Å²) in [5.74, 6) is 0.263. The Morgan fingerprint density at radius 3 is 2.56 bits per heavy atom. The van der Waals surface area contributed by atoms with Gasteiger partial charge in [-0.1, -0.05) is 18.6 Å². The Morgan fingerprint density at radius 1 is 1.12 bits per heavy atom. The summed E-state index contributed by atoms with van der Waals surface area (Å²) in [6, 6.07) is 0. The molecular weight excluding hydrogens is 432 g/mol. The van der Waals surface area contributed by atoms with Gasteiger partial charge in [-0.05, 0) is 95.0 Å². The van der Waals surface area contributed by atoms with Gasteiger partial charge in [-0.3, -0.25) is 4.79 Å². The molecule has 6 unspecified atom stereocenters. The number of carbonyl (C=O) groups excluding carboxylic acids is 2. The lowest BCUT2D eigenvalue weighted by Gasteiger charge is -2.60. The lowest BCUT2D eigenvalue weighted by Crippen LogP contribution is -2.67. The molecule has 2 aliphatic heterocycles. The minimum Gasteiger partial charge on any atom is -0.456 e. The molecule has 0 amide bonds. The van der Waals surface area contributed by atoms with Crippen molar-refractivity contribution in [3.63, 3.8) is 0 Å². The van der Waals surface area contributed by atoms with Gasteiger partial charge in [-0.2, -0.15) is 0 Å². The standard InChI is InChI=1S/C28H38O6/c1-14-13-20(33-24(30)15(14)2)27(5,31)18-9-8-16-21-17(10-12-25(16,18)3)26(4)19(29)7-6-11-28(26,32)23-22(21)34-23/h6-7,16-18,20-23,31-32H,8-13H2,1-5H3/t16?,17?,18-,20?,21?,22-,23-,25?,26?,27+,28-/m0/s1. The molecule has 6 aliphatic rings. The number of esters is 1. The minimum atomic E-state index is -1.14. The van der Waals surface area contributed by atoms with E-state index in [9.17, 15) is 19.8 Å². The normalized spacial score (nSPS) is 53.3. The minimum absolute atomic E-state index is 0.0114. The summed E-state index contributed by atoms with van der Waals surface area (Å²) in [4.78, 5) is 25.7. The van der Waals surface area contributed by atoms with Gasteiger partial charge in [0.05, 0.1) is 11.5 Å². The average Bonchev–Trinajstić information content (AvgIpc) is 3.49. The number of hydrogen-bond donors (Lipinski definition) is 2. The number of allylic oxidation sites excluding steroid dienone is 1. The zero-order chi connectivity index (χ0) is 24.4. The van der Waals surface area contributed by atoms with Crippen LogP contribution in [0.1, 0.15) is 73.1 Å². The first-order chi connectivity index (χ1) is 15.9. The second-order valence-electron chi connectivity index (χ2n) is 12.8. The molecule has 2 heterocycles. The van der Waals surface area contributed by atoms with E-state index in [1.54, 1.807) is 13.0 Å². The van der Waals surface area contributed by atoms with E-state index in [4.69, 9.17) is 9.47 Å². The number of carbonyl (C=O) groups is 2. The van der Waals surface area contributed by atoms with Crippen molar-refractivity contribution >= 4 is 11.8 Å². The first-order valence-corrected chi connectivity index (χ1v) is 13.1. The van der Waals surface area contributed by atoms with Crippen molar-refractivity contribution in [3.8, 4) is 0 Å². The first-order valence-electron chi connectivity index (χ1n) is 13.1. The van der Waals surface area contributed by atoms with Crippen LogP contribution in [-0.2, 0) is 19.1 Å². The fourth-order valence-corrected chi connectivity index (χ4v) is 9.36.